The zero-order valence-electron chi connectivity index (χ0n) is 10.8. The van der Waals surface area contributed by atoms with Gasteiger partial charge in [0.2, 0.25) is 0 Å². The Balaban J connectivity index is 4.11. The van der Waals surface area contributed by atoms with E-state index in [0.29, 0.717) is 6.42 Å². The van der Waals surface area contributed by atoms with E-state index in [1.54, 1.807) is 0 Å². The lowest BCUT2D eigenvalue weighted by atomic mass is 9.78. The van der Waals surface area contributed by atoms with Crippen LogP contribution < -0.4 is 0 Å². The van der Waals surface area contributed by atoms with Gasteiger partial charge in [-0.2, -0.15) is 0 Å². The highest BCUT2D eigenvalue weighted by Gasteiger charge is 2.21. The molecule has 0 bridgehead atoms. The average Bonchev–Trinajstić information content (AvgIpc) is 2.15. The highest BCUT2D eigenvalue weighted by atomic mass is 16.1. The second-order valence-electron chi connectivity index (χ2n) is 5.11. The predicted octanol–water partition coefficient (Wildman–Crippen LogP) is 4.52. The molecule has 0 heterocycles. The van der Waals surface area contributed by atoms with Crippen LogP contribution in [0.25, 0.3) is 0 Å². The molecule has 0 fully saturated rings. The Morgan fingerprint density at radius 3 is 2.40 bits per heavy atom. The fraction of sp³-hybridized carbons (Fsp3) is 0.786. The number of allylic oxidation sites excluding steroid dienone is 2. The Morgan fingerprint density at radius 1 is 1.27 bits per heavy atom. The minimum Gasteiger partial charge on any atom is -0.303 e. The maximum Gasteiger partial charge on any atom is 0.120 e. The van der Waals surface area contributed by atoms with Gasteiger partial charge in [0.15, 0.2) is 0 Å². The second kappa shape index (κ2) is 7.67. The summed E-state index contributed by atoms with van der Waals surface area (Å²) in [6.07, 6.45) is 9.94. The van der Waals surface area contributed by atoms with Crippen molar-refractivity contribution in [3.63, 3.8) is 0 Å². The van der Waals surface area contributed by atoms with Gasteiger partial charge in [-0.1, -0.05) is 38.3 Å². The molecule has 0 aromatic heterocycles. The number of hydrogen-bond donors (Lipinski definition) is 0. The Morgan fingerprint density at radius 2 is 1.93 bits per heavy atom. The standard InChI is InChI=1S/C14H26O/c1-5-6-9-14(4,11-12-15)10-7-8-13(2)3/h8,12H,5-7,9-11H2,1-4H3. The molecular formula is C14H26O. The van der Waals surface area contributed by atoms with Gasteiger partial charge in [0.05, 0.1) is 0 Å². The van der Waals surface area contributed by atoms with Gasteiger partial charge in [-0.3, -0.25) is 0 Å². The highest BCUT2D eigenvalue weighted by Crippen LogP contribution is 2.33. The van der Waals surface area contributed by atoms with E-state index in [4.69, 9.17) is 0 Å². The zero-order chi connectivity index (χ0) is 11.7. The first kappa shape index (κ1) is 14.4. The van der Waals surface area contributed by atoms with Crippen molar-refractivity contribution in [2.24, 2.45) is 5.41 Å². The minimum absolute atomic E-state index is 0.226. The topological polar surface area (TPSA) is 17.1 Å². The van der Waals surface area contributed by atoms with Crippen LogP contribution in [0.4, 0.5) is 0 Å². The maximum atomic E-state index is 10.7. The van der Waals surface area contributed by atoms with Crippen molar-refractivity contribution in [1.29, 1.82) is 0 Å². The number of unbranched alkanes of at least 4 members (excludes halogenated alkanes) is 1. The molecule has 0 spiro atoms. The summed E-state index contributed by atoms with van der Waals surface area (Å²) < 4.78 is 0. The molecule has 88 valence electrons. The average molecular weight is 210 g/mol. The van der Waals surface area contributed by atoms with Crippen LogP contribution in [0.2, 0.25) is 0 Å². The number of hydrogen-bond acceptors (Lipinski definition) is 1. The van der Waals surface area contributed by atoms with E-state index >= 15 is 0 Å². The molecule has 1 atom stereocenters. The van der Waals surface area contributed by atoms with Crippen molar-refractivity contribution < 1.29 is 4.79 Å². The smallest absolute Gasteiger partial charge is 0.120 e. The maximum absolute atomic E-state index is 10.7. The van der Waals surface area contributed by atoms with E-state index in [0.717, 1.165) is 19.1 Å². The summed E-state index contributed by atoms with van der Waals surface area (Å²) in [5.74, 6) is 0. The summed E-state index contributed by atoms with van der Waals surface area (Å²) >= 11 is 0. The lowest BCUT2D eigenvalue weighted by Crippen LogP contribution is -2.16. The predicted molar refractivity (Wildman–Crippen MR) is 67.0 cm³/mol. The first-order chi connectivity index (χ1) is 7.04. The normalized spacial score (nSPS) is 14.4. The molecule has 15 heavy (non-hydrogen) atoms. The third-order valence-corrected chi connectivity index (χ3v) is 3.01. The van der Waals surface area contributed by atoms with Gasteiger partial charge in [-0.15, -0.1) is 0 Å². The quantitative estimate of drug-likeness (QED) is 0.425. The molecule has 0 aliphatic carbocycles. The van der Waals surface area contributed by atoms with E-state index in [-0.39, 0.29) is 5.41 Å². The van der Waals surface area contributed by atoms with Crippen LogP contribution in [0.3, 0.4) is 0 Å². The number of rotatable bonds is 8. The zero-order valence-corrected chi connectivity index (χ0v) is 10.8. The van der Waals surface area contributed by atoms with Crippen LogP contribution in [0.15, 0.2) is 11.6 Å². The number of carbonyl (C=O) groups excluding carboxylic acids is 1. The Labute approximate surface area is 95.0 Å². The molecule has 0 amide bonds. The molecular weight excluding hydrogens is 184 g/mol. The molecule has 0 saturated heterocycles. The first-order valence-electron chi connectivity index (χ1n) is 6.11. The van der Waals surface area contributed by atoms with Gasteiger partial charge >= 0.3 is 0 Å². The number of aldehydes is 1. The van der Waals surface area contributed by atoms with Crippen molar-refractivity contribution in [1.82, 2.24) is 0 Å². The van der Waals surface area contributed by atoms with Crippen LogP contribution >= 0.6 is 0 Å². The van der Waals surface area contributed by atoms with Gasteiger partial charge in [-0.05, 0) is 38.5 Å². The summed E-state index contributed by atoms with van der Waals surface area (Å²) in [6, 6.07) is 0. The lowest BCUT2D eigenvalue weighted by Gasteiger charge is -2.27. The molecule has 0 aromatic rings. The monoisotopic (exact) mass is 210 g/mol. The van der Waals surface area contributed by atoms with Gasteiger partial charge < -0.3 is 4.79 Å². The minimum atomic E-state index is 0.226. The van der Waals surface area contributed by atoms with E-state index in [1.165, 1.54) is 24.8 Å². The van der Waals surface area contributed by atoms with Gasteiger partial charge in [0.25, 0.3) is 0 Å². The van der Waals surface area contributed by atoms with Crippen molar-refractivity contribution in [2.75, 3.05) is 0 Å². The Bertz CT molecular complexity index is 201. The van der Waals surface area contributed by atoms with E-state index in [9.17, 15) is 4.79 Å². The Kier molecular flexibility index (Phi) is 7.37. The van der Waals surface area contributed by atoms with Crippen LogP contribution in [0, 0.1) is 5.41 Å². The molecule has 1 nitrogen and oxygen atoms in total. The number of carbonyl (C=O) groups is 1. The molecule has 0 aliphatic heterocycles. The molecule has 0 saturated carbocycles. The summed E-state index contributed by atoms with van der Waals surface area (Å²) in [7, 11) is 0. The van der Waals surface area contributed by atoms with Crippen LogP contribution in [-0.4, -0.2) is 6.29 Å². The highest BCUT2D eigenvalue weighted by molar-refractivity contribution is 5.50. The molecule has 0 aromatic carbocycles. The molecule has 0 rings (SSSR count). The fourth-order valence-electron chi connectivity index (χ4n) is 1.84. The van der Waals surface area contributed by atoms with E-state index < -0.39 is 0 Å². The first-order valence-corrected chi connectivity index (χ1v) is 6.11. The summed E-state index contributed by atoms with van der Waals surface area (Å²) in [6.45, 7) is 8.71. The molecule has 1 heteroatoms. The third kappa shape index (κ3) is 7.35. The summed E-state index contributed by atoms with van der Waals surface area (Å²) in [5, 5.41) is 0. The van der Waals surface area contributed by atoms with Gasteiger partial charge in [0.1, 0.15) is 6.29 Å². The van der Waals surface area contributed by atoms with Gasteiger partial charge in [-0.25, -0.2) is 0 Å². The summed E-state index contributed by atoms with van der Waals surface area (Å²) in [4.78, 5) is 10.7. The lowest BCUT2D eigenvalue weighted by molar-refractivity contribution is -0.109. The van der Waals surface area contributed by atoms with Crippen LogP contribution in [0.1, 0.15) is 66.2 Å². The van der Waals surface area contributed by atoms with Crippen molar-refractivity contribution in [3.8, 4) is 0 Å². The second-order valence-corrected chi connectivity index (χ2v) is 5.11. The van der Waals surface area contributed by atoms with Crippen LogP contribution in [0.5, 0.6) is 0 Å². The SMILES string of the molecule is CCCCC(C)(CC=O)CCC=C(C)C. The molecule has 1 unspecified atom stereocenters. The largest absolute Gasteiger partial charge is 0.303 e. The molecule has 0 radical (unpaired) electrons. The van der Waals surface area contributed by atoms with E-state index in [1.807, 2.05) is 0 Å². The van der Waals surface area contributed by atoms with Crippen molar-refractivity contribution in [3.05, 3.63) is 11.6 Å². The fourth-order valence-corrected chi connectivity index (χ4v) is 1.84. The summed E-state index contributed by atoms with van der Waals surface area (Å²) in [5.41, 5.74) is 1.60. The van der Waals surface area contributed by atoms with Crippen LogP contribution in [-0.2, 0) is 4.79 Å². The van der Waals surface area contributed by atoms with Crippen molar-refractivity contribution >= 4 is 6.29 Å². The van der Waals surface area contributed by atoms with Crippen molar-refractivity contribution in [2.45, 2.75) is 66.2 Å². The third-order valence-electron chi connectivity index (χ3n) is 3.01. The Hall–Kier alpha value is -0.590. The van der Waals surface area contributed by atoms with Gasteiger partial charge in [0, 0.05) is 6.42 Å². The molecule has 0 aliphatic rings. The molecule has 0 N–H and O–H groups in total. The van der Waals surface area contributed by atoms with E-state index in [2.05, 4.69) is 33.8 Å².